The summed E-state index contributed by atoms with van der Waals surface area (Å²) in [6, 6.07) is 0.608. The average molecular weight is 275 g/mol. The van der Waals surface area contributed by atoms with Crippen molar-refractivity contribution in [2.45, 2.75) is 45.2 Å². The first-order chi connectivity index (χ1) is 9.69. The predicted octanol–water partition coefficient (Wildman–Crippen LogP) is 1.42. The number of rotatable bonds is 3. The zero-order valence-corrected chi connectivity index (χ0v) is 12.1. The third kappa shape index (κ3) is 2.35. The van der Waals surface area contributed by atoms with Crippen molar-refractivity contribution in [2.24, 2.45) is 7.05 Å². The Labute approximate surface area is 117 Å². The summed E-state index contributed by atoms with van der Waals surface area (Å²) in [7, 11) is 1.81. The standard InChI is InChI=1S/C14H21N5O/c1-3-10-6-4-5-7-19(10)9-12-16-13-11(14(20)17-12)8-15-18(13)2/h8,10H,3-7,9H2,1-2H3,(H,16,17,20)/t10-/m1/s1. The summed E-state index contributed by atoms with van der Waals surface area (Å²) in [5, 5.41) is 4.65. The molecule has 2 aromatic rings. The molecule has 108 valence electrons. The van der Waals surface area contributed by atoms with E-state index in [1.165, 1.54) is 19.3 Å². The summed E-state index contributed by atoms with van der Waals surface area (Å²) in [6.45, 7) is 4.03. The summed E-state index contributed by atoms with van der Waals surface area (Å²) in [5.41, 5.74) is 0.567. The molecule has 0 saturated carbocycles. The topological polar surface area (TPSA) is 66.8 Å². The molecule has 1 aliphatic heterocycles. The number of nitrogens with one attached hydrogen (secondary N) is 1. The fourth-order valence-corrected chi connectivity index (χ4v) is 3.08. The van der Waals surface area contributed by atoms with Gasteiger partial charge in [0.1, 0.15) is 11.2 Å². The SMILES string of the molecule is CC[C@@H]1CCCCN1Cc1nc2c(cnn2C)c(=O)[nH]1. The Morgan fingerprint density at radius 1 is 1.45 bits per heavy atom. The fourth-order valence-electron chi connectivity index (χ4n) is 3.08. The largest absolute Gasteiger partial charge is 0.309 e. The number of likely N-dealkylation sites (tertiary alicyclic amines) is 1. The van der Waals surface area contributed by atoms with Crippen molar-refractivity contribution in [3.05, 3.63) is 22.4 Å². The molecule has 1 aliphatic rings. The van der Waals surface area contributed by atoms with Gasteiger partial charge in [0, 0.05) is 13.1 Å². The second-order valence-electron chi connectivity index (χ2n) is 5.55. The van der Waals surface area contributed by atoms with E-state index < -0.39 is 0 Å². The zero-order chi connectivity index (χ0) is 14.1. The molecule has 3 rings (SSSR count). The normalized spacial score (nSPS) is 20.6. The van der Waals surface area contributed by atoms with Crippen LogP contribution in [-0.4, -0.2) is 37.2 Å². The minimum atomic E-state index is -0.0943. The molecule has 0 aromatic carbocycles. The average Bonchev–Trinajstić information content (AvgIpc) is 2.82. The number of nitrogens with zero attached hydrogens (tertiary/aromatic N) is 4. The molecule has 0 spiro atoms. The molecule has 1 atom stereocenters. The van der Waals surface area contributed by atoms with Gasteiger partial charge in [-0.05, 0) is 25.8 Å². The van der Waals surface area contributed by atoms with Crippen LogP contribution in [0.4, 0.5) is 0 Å². The van der Waals surface area contributed by atoms with Crippen LogP contribution in [0.25, 0.3) is 11.0 Å². The molecule has 1 fully saturated rings. The van der Waals surface area contributed by atoms with Gasteiger partial charge in [0.25, 0.3) is 5.56 Å². The molecule has 1 saturated heterocycles. The number of aromatic nitrogens is 4. The van der Waals surface area contributed by atoms with Crippen LogP contribution in [0.1, 0.15) is 38.4 Å². The molecule has 0 bridgehead atoms. The quantitative estimate of drug-likeness (QED) is 0.920. The molecule has 2 aromatic heterocycles. The number of hydrogen-bond donors (Lipinski definition) is 1. The van der Waals surface area contributed by atoms with Gasteiger partial charge in [-0.15, -0.1) is 0 Å². The van der Waals surface area contributed by atoms with E-state index in [1.54, 1.807) is 10.9 Å². The van der Waals surface area contributed by atoms with Gasteiger partial charge in [0.15, 0.2) is 5.65 Å². The lowest BCUT2D eigenvalue weighted by Gasteiger charge is -2.34. The van der Waals surface area contributed by atoms with E-state index >= 15 is 0 Å². The first-order valence-corrected chi connectivity index (χ1v) is 7.34. The lowest BCUT2D eigenvalue weighted by molar-refractivity contribution is 0.132. The molecule has 0 unspecified atom stereocenters. The van der Waals surface area contributed by atoms with Gasteiger partial charge in [0.05, 0.1) is 12.7 Å². The highest BCUT2D eigenvalue weighted by atomic mass is 16.1. The van der Waals surface area contributed by atoms with Gasteiger partial charge >= 0.3 is 0 Å². The summed E-state index contributed by atoms with van der Waals surface area (Å²) >= 11 is 0. The Kier molecular flexibility index (Phi) is 3.56. The maximum atomic E-state index is 12.0. The van der Waals surface area contributed by atoms with Crippen molar-refractivity contribution >= 4 is 11.0 Å². The first kappa shape index (κ1) is 13.3. The molecule has 20 heavy (non-hydrogen) atoms. The molecule has 6 nitrogen and oxygen atoms in total. The maximum absolute atomic E-state index is 12.0. The van der Waals surface area contributed by atoms with E-state index in [0.29, 0.717) is 17.1 Å². The van der Waals surface area contributed by atoms with Crippen molar-refractivity contribution in [3.63, 3.8) is 0 Å². The number of aromatic amines is 1. The van der Waals surface area contributed by atoms with Crippen LogP contribution in [0.2, 0.25) is 0 Å². The maximum Gasteiger partial charge on any atom is 0.262 e. The van der Waals surface area contributed by atoms with Gasteiger partial charge < -0.3 is 4.98 Å². The lowest BCUT2D eigenvalue weighted by atomic mass is 10.0. The van der Waals surface area contributed by atoms with E-state index in [-0.39, 0.29) is 5.56 Å². The Bertz CT molecular complexity index is 659. The zero-order valence-electron chi connectivity index (χ0n) is 12.1. The van der Waals surface area contributed by atoms with Crippen molar-refractivity contribution in [3.8, 4) is 0 Å². The Balaban J connectivity index is 1.90. The van der Waals surface area contributed by atoms with Crippen LogP contribution in [0, 0.1) is 0 Å². The van der Waals surface area contributed by atoms with Crippen molar-refractivity contribution in [1.82, 2.24) is 24.6 Å². The van der Waals surface area contributed by atoms with E-state index in [9.17, 15) is 4.79 Å². The summed E-state index contributed by atoms with van der Waals surface area (Å²) in [5.74, 6) is 0.742. The number of hydrogen-bond acceptors (Lipinski definition) is 4. The second kappa shape index (κ2) is 5.36. The fraction of sp³-hybridized carbons (Fsp3) is 0.643. The molecule has 1 N–H and O–H groups in total. The van der Waals surface area contributed by atoms with Crippen LogP contribution in [0.15, 0.2) is 11.0 Å². The van der Waals surface area contributed by atoms with E-state index in [4.69, 9.17) is 0 Å². The smallest absolute Gasteiger partial charge is 0.262 e. The molecule has 0 aliphatic carbocycles. The molecule has 6 heteroatoms. The van der Waals surface area contributed by atoms with Gasteiger partial charge in [-0.2, -0.15) is 5.10 Å². The third-order valence-corrected chi connectivity index (χ3v) is 4.22. The van der Waals surface area contributed by atoms with Crippen LogP contribution >= 0.6 is 0 Å². The van der Waals surface area contributed by atoms with Crippen LogP contribution in [0.3, 0.4) is 0 Å². The number of piperidine rings is 1. The molecule has 0 amide bonds. The van der Waals surface area contributed by atoms with Gasteiger partial charge in [-0.25, -0.2) is 4.98 Å². The van der Waals surface area contributed by atoms with E-state index in [1.807, 2.05) is 7.05 Å². The molecular weight excluding hydrogens is 254 g/mol. The monoisotopic (exact) mass is 275 g/mol. The molecule has 3 heterocycles. The van der Waals surface area contributed by atoms with E-state index in [0.717, 1.165) is 25.3 Å². The highest BCUT2D eigenvalue weighted by Gasteiger charge is 2.21. The van der Waals surface area contributed by atoms with Crippen molar-refractivity contribution in [2.75, 3.05) is 6.54 Å². The highest BCUT2D eigenvalue weighted by molar-refractivity contribution is 5.72. The van der Waals surface area contributed by atoms with Crippen LogP contribution in [0.5, 0.6) is 0 Å². The highest BCUT2D eigenvalue weighted by Crippen LogP contribution is 2.20. The summed E-state index contributed by atoms with van der Waals surface area (Å²) in [6.07, 6.45) is 6.50. The number of H-pyrrole nitrogens is 1. The minimum Gasteiger partial charge on any atom is -0.309 e. The van der Waals surface area contributed by atoms with Crippen molar-refractivity contribution in [1.29, 1.82) is 0 Å². The Morgan fingerprint density at radius 3 is 3.10 bits per heavy atom. The third-order valence-electron chi connectivity index (χ3n) is 4.22. The van der Waals surface area contributed by atoms with Gasteiger partial charge in [-0.3, -0.25) is 14.4 Å². The Morgan fingerprint density at radius 2 is 2.30 bits per heavy atom. The number of fused-ring (bicyclic) bond motifs is 1. The molecule has 0 radical (unpaired) electrons. The van der Waals surface area contributed by atoms with Gasteiger partial charge in [0.2, 0.25) is 0 Å². The molecular formula is C14H21N5O. The second-order valence-corrected chi connectivity index (χ2v) is 5.55. The number of aryl methyl sites for hydroxylation is 1. The summed E-state index contributed by atoms with van der Waals surface area (Å²) in [4.78, 5) is 21.9. The van der Waals surface area contributed by atoms with Gasteiger partial charge in [-0.1, -0.05) is 13.3 Å². The minimum absolute atomic E-state index is 0.0943. The van der Waals surface area contributed by atoms with Crippen molar-refractivity contribution < 1.29 is 0 Å². The first-order valence-electron chi connectivity index (χ1n) is 7.34. The predicted molar refractivity (Wildman–Crippen MR) is 77.5 cm³/mol. The van der Waals surface area contributed by atoms with Crippen LogP contribution < -0.4 is 5.56 Å². The lowest BCUT2D eigenvalue weighted by Crippen LogP contribution is -2.39. The summed E-state index contributed by atoms with van der Waals surface area (Å²) < 4.78 is 1.65. The van der Waals surface area contributed by atoms with E-state index in [2.05, 4.69) is 26.9 Å². The Hall–Kier alpha value is -1.69. The van der Waals surface area contributed by atoms with Crippen LogP contribution in [-0.2, 0) is 13.6 Å².